The summed E-state index contributed by atoms with van der Waals surface area (Å²) in [5.41, 5.74) is 1.78. The van der Waals surface area contributed by atoms with Crippen molar-refractivity contribution in [1.29, 1.82) is 0 Å². The number of nitrogens with two attached hydrogens (primary N) is 1. The minimum Gasteiger partial charge on any atom is -0.326 e. The number of hydrogen-bond donors (Lipinski definition) is 2. The first-order valence-electron chi connectivity index (χ1n) is 9.89. The molecule has 1 aliphatic heterocycles. The fraction of sp³-hybridized carbons (Fsp3) is 0.350. The second-order valence-corrected chi connectivity index (χ2v) is 10.5. The van der Waals surface area contributed by atoms with Gasteiger partial charge in [-0.3, -0.25) is 15.0 Å². The lowest BCUT2D eigenvalue weighted by atomic mass is 9.99. The highest BCUT2D eigenvalue weighted by atomic mass is 32.2. The van der Waals surface area contributed by atoms with Crippen molar-refractivity contribution in [2.75, 3.05) is 18.4 Å². The number of nitrogens with zero attached hydrogens (tertiary/aromatic N) is 3. The molecule has 1 saturated heterocycles. The number of likely N-dealkylation sites (tertiary alicyclic amines) is 1. The Morgan fingerprint density at radius 3 is 2.68 bits per heavy atom. The van der Waals surface area contributed by atoms with Gasteiger partial charge in [0.2, 0.25) is 10.0 Å². The van der Waals surface area contributed by atoms with Gasteiger partial charge in [0.25, 0.3) is 5.69 Å². The molecule has 11 heteroatoms. The lowest BCUT2D eigenvalue weighted by molar-refractivity contribution is -0.384. The fourth-order valence-corrected chi connectivity index (χ4v) is 5.14. The van der Waals surface area contributed by atoms with Crippen LogP contribution in [0, 0.1) is 16.0 Å². The van der Waals surface area contributed by atoms with Gasteiger partial charge in [0.1, 0.15) is 5.69 Å². The van der Waals surface area contributed by atoms with E-state index in [0.717, 1.165) is 41.8 Å². The Balaban J connectivity index is 1.56. The normalized spacial score (nSPS) is 15.9. The van der Waals surface area contributed by atoms with Crippen LogP contribution in [0.5, 0.6) is 0 Å². The van der Waals surface area contributed by atoms with Crippen molar-refractivity contribution in [3.63, 3.8) is 0 Å². The third kappa shape index (κ3) is 5.01. The maximum atomic E-state index is 11.5. The molecule has 2 aromatic carbocycles. The van der Waals surface area contributed by atoms with Gasteiger partial charge in [-0.05, 0) is 61.7 Å². The van der Waals surface area contributed by atoms with Crippen LogP contribution >= 0.6 is 11.3 Å². The molecule has 0 unspecified atom stereocenters. The van der Waals surface area contributed by atoms with Gasteiger partial charge < -0.3 is 5.32 Å². The molecule has 2 heterocycles. The highest BCUT2D eigenvalue weighted by Crippen LogP contribution is 2.34. The van der Waals surface area contributed by atoms with Crippen molar-refractivity contribution in [3.8, 4) is 0 Å². The summed E-state index contributed by atoms with van der Waals surface area (Å²) >= 11 is 1.39. The van der Waals surface area contributed by atoms with E-state index in [-0.39, 0.29) is 16.3 Å². The monoisotopic (exact) mass is 461 g/mol. The SMILES string of the molecule is CC1CCN(Cc2ccc3nc(Nc4ccc(S(N)(=O)=O)cc4[N+](=O)[O-])sc3c2)CC1. The number of sulfonamides is 1. The highest BCUT2D eigenvalue weighted by Gasteiger charge is 2.20. The Labute approximate surface area is 184 Å². The maximum Gasteiger partial charge on any atom is 0.294 e. The van der Waals surface area contributed by atoms with Crippen LogP contribution in [0.4, 0.5) is 16.5 Å². The highest BCUT2D eigenvalue weighted by molar-refractivity contribution is 7.89. The van der Waals surface area contributed by atoms with E-state index in [9.17, 15) is 18.5 Å². The average molecular weight is 462 g/mol. The fourth-order valence-electron chi connectivity index (χ4n) is 3.66. The summed E-state index contributed by atoms with van der Waals surface area (Å²) in [6.45, 7) is 5.39. The summed E-state index contributed by atoms with van der Waals surface area (Å²) < 4.78 is 24.0. The maximum absolute atomic E-state index is 11.5. The molecule has 0 bridgehead atoms. The van der Waals surface area contributed by atoms with E-state index in [2.05, 4.69) is 34.3 Å². The quantitative estimate of drug-likeness (QED) is 0.421. The topological polar surface area (TPSA) is 131 Å². The van der Waals surface area contributed by atoms with Gasteiger partial charge >= 0.3 is 0 Å². The zero-order valence-electron chi connectivity index (χ0n) is 16.9. The van der Waals surface area contributed by atoms with Crippen LogP contribution in [0.3, 0.4) is 0 Å². The van der Waals surface area contributed by atoms with Crippen LogP contribution in [0.15, 0.2) is 41.3 Å². The molecule has 0 radical (unpaired) electrons. The Bertz CT molecular complexity index is 1230. The first kappa shape index (κ1) is 21.6. The summed E-state index contributed by atoms with van der Waals surface area (Å²) in [7, 11) is -4.04. The molecule has 0 saturated carbocycles. The number of benzene rings is 2. The summed E-state index contributed by atoms with van der Waals surface area (Å²) in [6.07, 6.45) is 2.44. The number of primary sulfonamides is 1. The van der Waals surface area contributed by atoms with E-state index >= 15 is 0 Å². The molecule has 0 atom stereocenters. The van der Waals surface area contributed by atoms with E-state index in [1.165, 1.54) is 41.9 Å². The second kappa shape index (κ2) is 8.50. The third-order valence-corrected chi connectivity index (χ3v) is 7.32. The third-order valence-electron chi connectivity index (χ3n) is 5.47. The molecule has 0 amide bonds. The molecule has 31 heavy (non-hydrogen) atoms. The minimum atomic E-state index is -4.04. The number of nitro benzene ring substituents is 1. The predicted molar refractivity (Wildman–Crippen MR) is 121 cm³/mol. The predicted octanol–water partition coefficient (Wildman–Crippen LogP) is 3.83. The lowest BCUT2D eigenvalue weighted by Gasteiger charge is -2.30. The molecule has 1 aromatic heterocycles. The van der Waals surface area contributed by atoms with Crippen LogP contribution < -0.4 is 10.5 Å². The van der Waals surface area contributed by atoms with Crippen LogP contribution in [-0.2, 0) is 16.6 Å². The Morgan fingerprint density at radius 1 is 1.26 bits per heavy atom. The Morgan fingerprint density at radius 2 is 2.00 bits per heavy atom. The molecular weight excluding hydrogens is 438 g/mol. The van der Waals surface area contributed by atoms with Crippen LogP contribution in [0.1, 0.15) is 25.3 Å². The standard InChI is InChI=1S/C20H23N5O4S2/c1-13-6-8-24(9-7-13)12-14-2-4-17-19(10-14)30-20(23-17)22-16-5-3-15(31(21,28)29)11-18(16)25(26)27/h2-5,10-11,13H,6-9,12H2,1H3,(H,22,23)(H2,21,28,29). The smallest absolute Gasteiger partial charge is 0.294 e. The first-order valence-corrected chi connectivity index (χ1v) is 12.3. The van der Waals surface area contributed by atoms with Gasteiger partial charge in [0.15, 0.2) is 5.13 Å². The average Bonchev–Trinajstić information content (AvgIpc) is 3.10. The van der Waals surface area contributed by atoms with Gasteiger partial charge in [0.05, 0.1) is 20.0 Å². The number of thiazole rings is 1. The van der Waals surface area contributed by atoms with Crippen LogP contribution in [-0.4, -0.2) is 36.3 Å². The van der Waals surface area contributed by atoms with Crippen molar-refractivity contribution < 1.29 is 13.3 Å². The van der Waals surface area contributed by atoms with E-state index in [1.54, 1.807) is 0 Å². The number of nitro groups is 1. The molecule has 1 aliphatic rings. The van der Waals surface area contributed by atoms with Crippen molar-refractivity contribution in [2.45, 2.75) is 31.2 Å². The van der Waals surface area contributed by atoms with Crippen LogP contribution in [0.2, 0.25) is 0 Å². The number of hydrogen-bond acceptors (Lipinski definition) is 8. The van der Waals surface area contributed by atoms with Gasteiger partial charge in [0, 0.05) is 12.6 Å². The number of piperidine rings is 1. The van der Waals surface area contributed by atoms with Crippen LogP contribution in [0.25, 0.3) is 10.2 Å². The van der Waals surface area contributed by atoms with Crippen molar-refractivity contribution in [1.82, 2.24) is 9.88 Å². The summed E-state index contributed by atoms with van der Waals surface area (Å²) in [6, 6.07) is 9.63. The molecule has 9 nitrogen and oxygen atoms in total. The van der Waals surface area contributed by atoms with Crippen molar-refractivity contribution in [3.05, 3.63) is 52.1 Å². The number of nitrogens with one attached hydrogen (secondary N) is 1. The van der Waals surface area contributed by atoms with Gasteiger partial charge in [-0.2, -0.15) is 0 Å². The Hall–Kier alpha value is -2.60. The largest absolute Gasteiger partial charge is 0.326 e. The molecular formula is C20H23N5O4S2. The summed E-state index contributed by atoms with van der Waals surface area (Å²) in [4.78, 5) is 17.4. The van der Waals surface area contributed by atoms with Gasteiger partial charge in [-0.25, -0.2) is 18.5 Å². The van der Waals surface area contributed by atoms with E-state index in [0.29, 0.717) is 5.13 Å². The van der Waals surface area contributed by atoms with Gasteiger partial charge in [-0.1, -0.05) is 24.3 Å². The second-order valence-electron chi connectivity index (χ2n) is 7.89. The minimum absolute atomic E-state index is 0.152. The van der Waals surface area contributed by atoms with E-state index in [1.807, 2.05) is 6.07 Å². The van der Waals surface area contributed by atoms with E-state index in [4.69, 9.17) is 5.14 Å². The van der Waals surface area contributed by atoms with Crippen molar-refractivity contribution >= 4 is 48.1 Å². The lowest BCUT2D eigenvalue weighted by Crippen LogP contribution is -2.32. The first-order chi connectivity index (χ1) is 14.7. The van der Waals surface area contributed by atoms with Gasteiger partial charge in [-0.15, -0.1) is 0 Å². The molecule has 3 aromatic rings. The molecule has 0 aliphatic carbocycles. The zero-order chi connectivity index (χ0) is 22.2. The Kier molecular flexibility index (Phi) is 5.93. The summed E-state index contributed by atoms with van der Waals surface area (Å²) in [5, 5.41) is 19.9. The zero-order valence-corrected chi connectivity index (χ0v) is 18.6. The number of fused-ring (bicyclic) bond motifs is 1. The molecule has 1 fully saturated rings. The van der Waals surface area contributed by atoms with E-state index < -0.39 is 14.9 Å². The molecule has 164 valence electrons. The number of rotatable bonds is 6. The molecule has 4 rings (SSSR count). The molecule has 3 N–H and O–H groups in total. The van der Waals surface area contributed by atoms with Crippen molar-refractivity contribution in [2.24, 2.45) is 11.1 Å². The molecule has 0 spiro atoms. The number of aromatic nitrogens is 1. The number of anilines is 2. The summed E-state index contributed by atoms with van der Waals surface area (Å²) in [5.74, 6) is 0.789.